The van der Waals surface area contributed by atoms with Crippen LogP contribution in [0.3, 0.4) is 0 Å². The van der Waals surface area contributed by atoms with Crippen LogP contribution in [0.25, 0.3) is 22.3 Å². The molecule has 0 aromatic heterocycles. The van der Waals surface area contributed by atoms with E-state index in [1.54, 1.807) is 54.6 Å². The van der Waals surface area contributed by atoms with E-state index in [4.69, 9.17) is 9.47 Å². The summed E-state index contributed by atoms with van der Waals surface area (Å²) in [5.74, 6) is -1.33. The quantitative estimate of drug-likeness (QED) is 0.169. The zero-order chi connectivity index (χ0) is 30.9. The third kappa shape index (κ3) is 7.98. The van der Waals surface area contributed by atoms with E-state index in [9.17, 15) is 19.5 Å². The van der Waals surface area contributed by atoms with Crippen LogP contribution in [-0.2, 0) is 9.47 Å². The van der Waals surface area contributed by atoms with Crippen LogP contribution in [0.15, 0.2) is 97.1 Å². The first-order chi connectivity index (χ1) is 20.7. The third-order valence-corrected chi connectivity index (χ3v) is 7.81. The molecule has 4 rings (SSSR count). The number of carboxylic acid groups (broad SMARTS) is 1. The van der Waals surface area contributed by atoms with Gasteiger partial charge in [-0.1, -0.05) is 87.4 Å². The molecule has 4 aromatic carbocycles. The molecule has 0 amide bonds. The molecular formula is C37H38O6. The molecule has 0 aliphatic carbocycles. The summed E-state index contributed by atoms with van der Waals surface area (Å²) in [6.45, 7) is 8.05. The fourth-order valence-corrected chi connectivity index (χ4v) is 5.15. The monoisotopic (exact) mass is 578 g/mol. The number of rotatable bonds is 12. The topological polar surface area (TPSA) is 89.9 Å². The molecule has 0 saturated carbocycles. The van der Waals surface area contributed by atoms with Gasteiger partial charge in [0.25, 0.3) is 0 Å². The predicted molar refractivity (Wildman–Crippen MR) is 168 cm³/mol. The van der Waals surface area contributed by atoms with Crippen LogP contribution in [0.5, 0.6) is 0 Å². The van der Waals surface area contributed by atoms with Crippen molar-refractivity contribution < 1.29 is 29.0 Å². The summed E-state index contributed by atoms with van der Waals surface area (Å²) < 4.78 is 11.3. The molecule has 4 aromatic rings. The van der Waals surface area contributed by atoms with E-state index in [1.165, 1.54) is 0 Å². The normalized spacial score (nSPS) is 12.4. The molecule has 222 valence electrons. The number of carbonyl (C=O) groups excluding carboxylic acids is 2. The van der Waals surface area contributed by atoms with Gasteiger partial charge in [-0.25, -0.2) is 14.4 Å². The van der Waals surface area contributed by atoms with Crippen LogP contribution in [-0.4, -0.2) is 29.1 Å². The summed E-state index contributed by atoms with van der Waals surface area (Å²) in [6, 6.07) is 28.5. The van der Waals surface area contributed by atoms with Crippen LogP contribution in [0, 0.1) is 5.92 Å². The number of benzene rings is 4. The molecular weight excluding hydrogens is 540 g/mol. The van der Waals surface area contributed by atoms with Crippen molar-refractivity contribution >= 4 is 17.9 Å². The van der Waals surface area contributed by atoms with Gasteiger partial charge in [-0.15, -0.1) is 0 Å². The molecule has 0 bridgehead atoms. The first kappa shape index (κ1) is 31.2. The Balaban J connectivity index is 1.55. The lowest BCUT2D eigenvalue weighted by molar-refractivity contribution is 0.0283. The Morgan fingerprint density at radius 1 is 0.651 bits per heavy atom. The molecule has 0 fully saturated rings. The first-order valence-corrected chi connectivity index (χ1v) is 14.7. The first-order valence-electron chi connectivity index (χ1n) is 14.7. The van der Waals surface area contributed by atoms with E-state index in [2.05, 4.69) is 13.8 Å². The Kier molecular flexibility index (Phi) is 10.5. The van der Waals surface area contributed by atoms with Crippen LogP contribution >= 0.6 is 0 Å². The maximum Gasteiger partial charge on any atom is 0.338 e. The molecule has 0 saturated heterocycles. The minimum absolute atomic E-state index is 0.144. The highest BCUT2D eigenvalue weighted by Gasteiger charge is 2.18. The summed E-state index contributed by atoms with van der Waals surface area (Å²) in [5.41, 5.74) is 4.92. The summed E-state index contributed by atoms with van der Waals surface area (Å²) in [5, 5.41) is 9.66. The number of hydrogen-bond donors (Lipinski definition) is 1. The van der Waals surface area contributed by atoms with Crippen LogP contribution in [0.2, 0.25) is 0 Å². The van der Waals surface area contributed by atoms with Crippen molar-refractivity contribution in [2.75, 3.05) is 0 Å². The van der Waals surface area contributed by atoms with E-state index < -0.39 is 18.0 Å². The summed E-state index contributed by atoms with van der Waals surface area (Å²) in [7, 11) is 0. The third-order valence-electron chi connectivity index (χ3n) is 7.81. The smallest absolute Gasteiger partial charge is 0.338 e. The van der Waals surface area contributed by atoms with Gasteiger partial charge in [0.2, 0.25) is 0 Å². The van der Waals surface area contributed by atoms with Crippen LogP contribution in [0.4, 0.5) is 0 Å². The Hall–Kier alpha value is -4.71. The van der Waals surface area contributed by atoms with Crippen molar-refractivity contribution in [3.05, 3.63) is 119 Å². The number of carboxylic acids is 1. The van der Waals surface area contributed by atoms with Crippen LogP contribution < -0.4 is 0 Å². The largest absolute Gasteiger partial charge is 0.478 e. The zero-order valence-electron chi connectivity index (χ0n) is 25.1. The molecule has 0 aliphatic heterocycles. The van der Waals surface area contributed by atoms with E-state index in [1.807, 2.05) is 56.3 Å². The standard InChI is InChI=1S/C37H38O6/c1-5-26(6-2)22-24(3)42-36(40)30-16-12-28(13-17-30)33-21-20-32(35(38)39)23-34(33)29-14-18-31(19-15-29)37(41)43-25(4)27-10-8-7-9-11-27/h7-21,23-26H,5-6,22H2,1-4H3,(H,38,39)/t24-,25-/m1/s1. The lowest BCUT2D eigenvalue weighted by Crippen LogP contribution is -2.18. The second-order valence-electron chi connectivity index (χ2n) is 10.8. The highest BCUT2D eigenvalue weighted by atomic mass is 16.5. The van der Waals surface area contributed by atoms with Crippen molar-refractivity contribution in [2.24, 2.45) is 5.92 Å². The Labute approximate surface area is 253 Å². The molecule has 0 aliphatic rings. The van der Waals surface area contributed by atoms with E-state index in [0.29, 0.717) is 22.6 Å². The number of ether oxygens (including phenoxy) is 2. The average Bonchev–Trinajstić information content (AvgIpc) is 3.03. The number of esters is 2. The molecule has 0 unspecified atom stereocenters. The second kappa shape index (κ2) is 14.5. The SMILES string of the molecule is CCC(CC)C[C@@H](C)OC(=O)c1ccc(-c2ccc(C(=O)O)cc2-c2ccc(C(=O)O[C@H](C)c3ccccc3)cc2)cc1. The van der Waals surface area contributed by atoms with Gasteiger partial charge in [0.1, 0.15) is 6.10 Å². The summed E-state index contributed by atoms with van der Waals surface area (Å²) in [4.78, 5) is 37.4. The van der Waals surface area contributed by atoms with Crippen molar-refractivity contribution in [1.29, 1.82) is 0 Å². The van der Waals surface area contributed by atoms with Gasteiger partial charge in [0.05, 0.1) is 22.8 Å². The molecule has 0 radical (unpaired) electrons. The van der Waals surface area contributed by atoms with E-state index >= 15 is 0 Å². The highest BCUT2D eigenvalue weighted by molar-refractivity contribution is 5.95. The molecule has 6 nitrogen and oxygen atoms in total. The van der Waals surface area contributed by atoms with E-state index in [-0.39, 0.29) is 17.6 Å². The lowest BCUT2D eigenvalue weighted by Gasteiger charge is -2.19. The van der Waals surface area contributed by atoms with Gasteiger partial charge >= 0.3 is 17.9 Å². The van der Waals surface area contributed by atoms with Gasteiger partial charge in [0.15, 0.2) is 0 Å². The van der Waals surface area contributed by atoms with Crippen LogP contribution in [0.1, 0.15) is 89.7 Å². The van der Waals surface area contributed by atoms with Gasteiger partial charge in [-0.3, -0.25) is 0 Å². The maximum atomic E-state index is 12.8. The molecule has 0 heterocycles. The lowest BCUT2D eigenvalue weighted by atomic mass is 9.92. The van der Waals surface area contributed by atoms with Gasteiger partial charge in [-0.05, 0) is 90.4 Å². The summed E-state index contributed by atoms with van der Waals surface area (Å²) in [6.07, 6.45) is 2.36. The maximum absolute atomic E-state index is 12.8. The van der Waals surface area contributed by atoms with Crippen molar-refractivity contribution in [3.8, 4) is 22.3 Å². The molecule has 0 spiro atoms. The van der Waals surface area contributed by atoms with Gasteiger partial charge in [0, 0.05) is 0 Å². The molecule has 6 heteroatoms. The minimum atomic E-state index is -1.04. The summed E-state index contributed by atoms with van der Waals surface area (Å²) >= 11 is 0. The number of carbonyl (C=O) groups is 3. The second-order valence-corrected chi connectivity index (χ2v) is 10.8. The number of aromatic carboxylic acids is 1. The highest BCUT2D eigenvalue weighted by Crippen LogP contribution is 2.34. The molecule has 1 N–H and O–H groups in total. The minimum Gasteiger partial charge on any atom is -0.478 e. The Bertz CT molecular complexity index is 1540. The zero-order valence-corrected chi connectivity index (χ0v) is 25.1. The van der Waals surface area contributed by atoms with Gasteiger partial charge in [-0.2, -0.15) is 0 Å². The fraction of sp³-hybridized carbons (Fsp3) is 0.270. The molecule has 2 atom stereocenters. The van der Waals surface area contributed by atoms with Gasteiger partial charge < -0.3 is 14.6 Å². The molecule has 43 heavy (non-hydrogen) atoms. The Morgan fingerprint density at radius 2 is 1.16 bits per heavy atom. The van der Waals surface area contributed by atoms with Crippen molar-refractivity contribution in [3.63, 3.8) is 0 Å². The Morgan fingerprint density at radius 3 is 1.70 bits per heavy atom. The predicted octanol–water partition coefficient (Wildman–Crippen LogP) is 9.01. The van der Waals surface area contributed by atoms with E-state index in [0.717, 1.165) is 41.5 Å². The fourth-order valence-electron chi connectivity index (χ4n) is 5.15. The van der Waals surface area contributed by atoms with Crippen molar-refractivity contribution in [1.82, 2.24) is 0 Å². The average molecular weight is 579 g/mol. The van der Waals surface area contributed by atoms with Crippen molar-refractivity contribution in [2.45, 2.75) is 59.2 Å². The number of hydrogen-bond acceptors (Lipinski definition) is 5.